The Bertz CT molecular complexity index is 1730. The fourth-order valence-electron chi connectivity index (χ4n) is 4.22. The number of fused-ring (bicyclic) bond motifs is 4. The molecular formula is C27H21N3O2S. The lowest BCUT2D eigenvalue weighted by Crippen LogP contribution is -2.22. The second kappa shape index (κ2) is 7.90. The molecule has 0 aliphatic rings. The lowest BCUT2D eigenvalue weighted by atomic mass is 10.2. The van der Waals surface area contributed by atoms with Crippen molar-refractivity contribution in [2.24, 2.45) is 0 Å². The summed E-state index contributed by atoms with van der Waals surface area (Å²) in [6, 6.07) is 24.1. The number of aromatic nitrogens is 3. The number of benzene rings is 3. The van der Waals surface area contributed by atoms with Crippen molar-refractivity contribution in [2.45, 2.75) is 13.5 Å². The summed E-state index contributed by atoms with van der Waals surface area (Å²) in [6.07, 6.45) is 4.08. The van der Waals surface area contributed by atoms with Gasteiger partial charge in [-0.1, -0.05) is 59.4 Å². The van der Waals surface area contributed by atoms with E-state index in [-0.39, 0.29) is 5.56 Å². The highest BCUT2D eigenvalue weighted by atomic mass is 32.1. The van der Waals surface area contributed by atoms with Crippen molar-refractivity contribution in [2.75, 3.05) is 6.61 Å². The summed E-state index contributed by atoms with van der Waals surface area (Å²) in [5.74, 6) is 0.869. The first kappa shape index (κ1) is 19.8. The van der Waals surface area contributed by atoms with Crippen molar-refractivity contribution in [1.82, 2.24) is 14.0 Å². The van der Waals surface area contributed by atoms with Gasteiger partial charge in [0.15, 0.2) is 4.96 Å². The number of hydrogen-bond donors (Lipinski definition) is 0. The van der Waals surface area contributed by atoms with Crippen LogP contribution in [0.1, 0.15) is 11.1 Å². The third-order valence-corrected chi connectivity index (χ3v) is 6.84. The maximum Gasteiger partial charge on any atom is 0.274 e. The number of aryl methyl sites for hydroxylation is 1. The van der Waals surface area contributed by atoms with Gasteiger partial charge in [-0.15, -0.1) is 0 Å². The zero-order valence-corrected chi connectivity index (χ0v) is 18.9. The quantitative estimate of drug-likeness (QED) is 0.378. The Hall–Kier alpha value is -3.90. The molecule has 0 radical (unpaired) electrons. The smallest absolute Gasteiger partial charge is 0.274 e. The van der Waals surface area contributed by atoms with Crippen LogP contribution in [-0.2, 0) is 6.54 Å². The molecule has 3 aromatic heterocycles. The van der Waals surface area contributed by atoms with E-state index in [0.29, 0.717) is 17.7 Å². The summed E-state index contributed by atoms with van der Waals surface area (Å²) in [6.45, 7) is 3.34. The van der Waals surface area contributed by atoms with Crippen LogP contribution in [0, 0.1) is 6.92 Å². The average Bonchev–Trinajstić information content (AvgIpc) is 3.47. The Kier molecular flexibility index (Phi) is 4.73. The average molecular weight is 452 g/mol. The Morgan fingerprint density at radius 2 is 1.73 bits per heavy atom. The van der Waals surface area contributed by atoms with E-state index in [1.54, 1.807) is 4.40 Å². The molecule has 0 unspecified atom stereocenters. The molecule has 0 aliphatic carbocycles. The Balaban J connectivity index is 1.37. The van der Waals surface area contributed by atoms with Crippen LogP contribution in [-0.4, -0.2) is 20.6 Å². The lowest BCUT2D eigenvalue weighted by molar-refractivity contribution is 0.300. The molecule has 0 atom stereocenters. The third-order valence-electron chi connectivity index (χ3n) is 5.87. The molecule has 162 valence electrons. The van der Waals surface area contributed by atoms with Gasteiger partial charge in [-0.2, -0.15) is 0 Å². The van der Waals surface area contributed by atoms with Gasteiger partial charge in [-0.05, 0) is 43.3 Å². The molecule has 0 aliphatic heterocycles. The highest BCUT2D eigenvalue weighted by Crippen LogP contribution is 2.23. The zero-order valence-electron chi connectivity index (χ0n) is 18.1. The van der Waals surface area contributed by atoms with E-state index in [2.05, 4.69) is 46.9 Å². The van der Waals surface area contributed by atoms with Gasteiger partial charge in [0.2, 0.25) is 0 Å². The number of ether oxygens (including phenoxy) is 1. The molecule has 6 aromatic rings. The van der Waals surface area contributed by atoms with Gasteiger partial charge in [0.25, 0.3) is 5.56 Å². The largest absolute Gasteiger partial charge is 0.492 e. The van der Waals surface area contributed by atoms with Crippen molar-refractivity contribution in [1.29, 1.82) is 0 Å². The molecule has 3 heterocycles. The summed E-state index contributed by atoms with van der Waals surface area (Å²) >= 11 is 1.43. The number of imidazole rings is 1. The number of nitrogens with zero attached hydrogens (tertiary/aromatic N) is 3. The van der Waals surface area contributed by atoms with Gasteiger partial charge in [0, 0.05) is 22.7 Å². The number of rotatable bonds is 5. The predicted molar refractivity (Wildman–Crippen MR) is 134 cm³/mol. The maximum atomic E-state index is 13.2. The van der Waals surface area contributed by atoms with Gasteiger partial charge < -0.3 is 9.30 Å². The maximum absolute atomic E-state index is 13.2. The summed E-state index contributed by atoms with van der Waals surface area (Å²) < 4.78 is 10.5. The highest BCUT2D eigenvalue weighted by Gasteiger charge is 2.12. The Morgan fingerprint density at radius 1 is 0.970 bits per heavy atom. The molecule has 6 heteroatoms. The van der Waals surface area contributed by atoms with Gasteiger partial charge in [-0.3, -0.25) is 4.79 Å². The fourth-order valence-corrected chi connectivity index (χ4v) is 5.20. The standard InChI is InChI=1S/C27H21N3O2S/c1-18-10-12-20(13-11-18)32-15-14-29-17-19(21-6-2-4-8-23(21)29)16-25-26(31)30-24-9-5-3-7-22(24)28-27(30)33-25/h2-13,16-17H,14-15H2,1H3/b25-16-. The third kappa shape index (κ3) is 3.49. The van der Waals surface area contributed by atoms with Crippen LogP contribution in [0.3, 0.4) is 0 Å². The molecular weight excluding hydrogens is 430 g/mol. The van der Waals surface area contributed by atoms with Gasteiger partial charge >= 0.3 is 0 Å². The molecule has 0 saturated carbocycles. The van der Waals surface area contributed by atoms with E-state index in [1.807, 2.05) is 54.6 Å². The number of hydrogen-bond acceptors (Lipinski definition) is 4. The van der Waals surface area contributed by atoms with Gasteiger partial charge in [0.05, 0.1) is 22.1 Å². The van der Waals surface area contributed by atoms with E-state index in [0.717, 1.165) is 38.2 Å². The summed E-state index contributed by atoms with van der Waals surface area (Å²) in [5.41, 5.74) is 5.03. The first-order valence-electron chi connectivity index (χ1n) is 10.9. The molecule has 0 amide bonds. The SMILES string of the molecule is Cc1ccc(OCCn2cc(/C=c3\sc4nc5ccccc5n4c3=O)c3ccccc32)cc1. The fraction of sp³-hybridized carbons (Fsp3) is 0.111. The minimum atomic E-state index is -0.0248. The normalized spacial score (nSPS) is 12.3. The second-order valence-corrected chi connectivity index (χ2v) is 9.10. The van der Waals surface area contributed by atoms with Crippen molar-refractivity contribution >= 4 is 44.3 Å². The molecule has 5 nitrogen and oxygen atoms in total. The molecule has 0 saturated heterocycles. The molecule has 6 rings (SSSR count). The van der Waals surface area contributed by atoms with Crippen molar-refractivity contribution < 1.29 is 4.74 Å². The summed E-state index contributed by atoms with van der Waals surface area (Å²) in [4.78, 5) is 18.5. The van der Waals surface area contributed by atoms with Crippen LogP contribution in [0.2, 0.25) is 0 Å². The van der Waals surface area contributed by atoms with Crippen molar-refractivity contribution in [3.8, 4) is 5.75 Å². The van der Waals surface area contributed by atoms with Crippen LogP contribution in [0.25, 0.3) is 33.0 Å². The van der Waals surface area contributed by atoms with Crippen LogP contribution >= 0.6 is 11.3 Å². The van der Waals surface area contributed by atoms with Gasteiger partial charge in [0.1, 0.15) is 12.4 Å². The molecule has 33 heavy (non-hydrogen) atoms. The Morgan fingerprint density at radius 3 is 2.58 bits per heavy atom. The first-order valence-corrected chi connectivity index (χ1v) is 11.7. The second-order valence-electron chi connectivity index (χ2n) is 8.09. The minimum absolute atomic E-state index is 0.0248. The summed E-state index contributed by atoms with van der Waals surface area (Å²) in [7, 11) is 0. The van der Waals surface area contributed by atoms with Crippen LogP contribution in [0.5, 0.6) is 5.75 Å². The van der Waals surface area contributed by atoms with Crippen molar-refractivity contribution in [3.05, 3.63) is 105 Å². The minimum Gasteiger partial charge on any atom is -0.492 e. The molecule has 0 bridgehead atoms. The van der Waals surface area contributed by atoms with E-state index in [1.165, 1.54) is 16.9 Å². The highest BCUT2D eigenvalue weighted by molar-refractivity contribution is 7.15. The first-order chi connectivity index (χ1) is 16.2. The van der Waals surface area contributed by atoms with E-state index in [4.69, 9.17) is 4.74 Å². The predicted octanol–water partition coefficient (Wildman–Crippen LogP) is 4.80. The molecule has 0 N–H and O–H groups in total. The van der Waals surface area contributed by atoms with E-state index >= 15 is 0 Å². The number of para-hydroxylation sites is 3. The molecule has 3 aromatic carbocycles. The topological polar surface area (TPSA) is 48.5 Å². The van der Waals surface area contributed by atoms with E-state index < -0.39 is 0 Å². The van der Waals surface area contributed by atoms with Crippen LogP contribution in [0.4, 0.5) is 0 Å². The van der Waals surface area contributed by atoms with E-state index in [9.17, 15) is 4.79 Å². The Labute approximate surface area is 193 Å². The summed E-state index contributed by atoms with van der Waals surface area (Å²) in [5, 5.41) is 1.11. The van der Waals surface area contributed by atoms with Gasteiger partial charge in [-0.25, -0.2) is 9.38 Å². The molecule has 0 spiro atoms. The number of thiazole rings is 1. The zero-order chi connectivity index (χ0) is 22.4. The van der Waals surface area contributed by atoms with Crippen LogP contribution in [0.15, 0.2) is 83.8 Å². The lowest BCUT2D eigenvalue weighted by Gasteiger charge is -2.08. The monoisotopic (exact) mass is 451 g/mol. The van der Waals surface area contributed by atoms with Crippen molar-refractivity contribution in [3.63, 3.8) is 0 Å². The molecule has 0 fully saturated rings. The van der Waals surface area contributed by atoms with Crippen LogP contribution < -0.4 is 14.8 Å².